The number of para-hydroxylation sites is 3. The quantitative estimate of drug-likeness (QED) is 0.309. The van der Waals surface area contributed by atoms with Crippen molar-refractivity contribution in [3.8, 4) is 11.1 Å². The molecule has 0 bridgehead atoms. The van der Waals surface area contributed by atoms with Crippen LogP contribution < -0.4 is 16.5 Å². The van der Waals surface area contributed by atoms with E-state index >= 15 is 0 Å². The third-order valence-electron chi connectivity index (χ3n) is 4.31. The van der Waals surface area contributed by atoms with Crippen molar-refractivity contribution in [3.63, 3.8) is 0 Å². The summed E-state index contributed by atoms with van der Waals surface area (Å²) < 4.78 is 0. The van der Waals surface area contributed by atoms with Gasteiger partial charge in [-0.2, -0.15) is 0 Å². The number of benzene rings is 4. The number of nitrogens with two attached hydrogens (primary N) is 1. The van der Waals surface area contributed by atoms with E-state index in [9.17, 15) is 0 Å². The van der Waals surface area contributed by atoms with Gasteiger partial charge in [0, 0.05) is 5.69 Å². The Morgan fingerprint density at radius 1 is 0.633 bits per heavy atom. The second kappa shape index (κ2) is 12.2. The van der Waals surface area contributed by atoms with Gasteiger partial charge in [0.25, 0.3) is 0 Å². The van der Waals surface area contributed by atoms with Gasteiger partial charge in [0.05, 0.1) is 11.4 Å². The van der Waals surface area contributed by atoms with E-state index in [1.54, 1.807) is 0 Å². The van der Waals surface area contributed by atoms with E-state index in [0.29, 0.717) is 0 Å². The Kier molecular flexibility index (Phi) is 9.27. The normalized spacial score (nSPS) is 9.43. The van der Waals surface area contributed by atoms with Crippen molar-refractivity contribution in [2.75, 3.05) is 11.1 Å². The van der Waals surface area contributed by atoms with Gasteiger partial charge in [-0.05, 0) is 42.3 Å². The number of rotatable bonds is 3. The summed E-state index contributed by atoms with van der Waals surface area (Å²) in [7, 11) is 5.63. The molecule has 4 aromatic carbocycles. The van der Waals surface area contributed by atoms with Gasteiger partial charge in [0.1, 0.15) is 7.85 Å². The Balaban J connectivity index is 0.000000197. The molecule has 150 valence electrons. The fourth-order valence-electron chi connectivity index (χ4n) is 2.71. The largest absolute Gasteiger partial charge is 0.397 e. The topological polar surface area (TPSA) is 38.0 Å². The van der Waals surface area contributed by atoms with E-state index in [2.05, 4.69) is 36.5 Å². The van der Waals surface area contributed by atoms with E-state index in [4.69, 9.17) is 13.6 Å². The summed E-state index contributed by atoms with van der Waals surface area (Å²) in [5.74, 6) is 0. The van der Waals surface area contributed by atoms with E-state index in [1.807, 2.05) is 92.7 Å². The molecule has 0 saturated carbocycles. The molecular weight excluding hydrogens is 363 g/mol. The Bertz CT molecular complexity index is 951. The lowest BCUT2D eigenvalue weighted by Gasteiger charge is -2.08. The predicted octanol–water partition coefficient (Wildman–Crippen LogP) is 6.49. The molecule has 3 N–H and O–H groups in total. The number of hydrogen-bond acceptors (Lipinski definition) is 2. The van der Waals surface area contributed by atoms with Gasteiger partial charge in [-0.3, -0.25) is 0 Å². The van der Waals surface area contributed by atoms with Crippen LogP contribution in [0.2, 0.25) is 0 Å². The highest BCUT2D eigenvalue weighted by molar-refractivity contribution is 6.32. The highest BCUT2D eigenvalue weighted by atomic mass is 14.9. The minimum Gasteiger partial charge on any atom is -0.397 e. The van der Waals surface area contributed by atoms with E-state index in [-0.39, 0.29) is 0 Å². The zero-order chi connectivity index (χ0) is 21.8. The standard InChI is InChI=1S/C13H11B.C12H12N2.C2H6/c1-10-2-4-11(5-3-10)12-6-8-13(14)9-7-12;13-11-8-4-5-9-12(11)14-10-6-2-1-3-7-10;1-2/h2-9H,1H3;1-9,14H,13H2;1-2H3. The second-order valence-corrected chi connectivity index (χ2v) is 6.57. The Morgan fingerprint density at radius 2 is 1.13 bits per heavy atom. The van der Waals surface area contributed by atoms with Crippen molar-refractivity contribution in [3.05, 3.63) is 109 Å². The van der Waals surface area contributed by atoms with Crippen LogP contribution in [0, 0.1) is 6.92 Å². The van der Waals surface area contributed by atoms with Crippen LogP contribution in [0.5, 0.6) is 0 Å². The third-order valence-corrected chi connectivity index (χ3v) is 4.31. The van der Waals surface area contributed by atoms with Crippen molar-refractivity contribution >= 4 is 30.4 Å². The summed E-state index contributed by atoms with van der Waals surface area (Å²) in [4.78, 5) is 0. The lowest BCUT2D eigenvalue weighted by Crippen LogP contribution is -1.99. The Labute approximate surface area is 182 Å². The van der Waals surface area contributed by atoms with Crippen molar-refractivity contribution in [1.29, 1.82) is 0 Å². The molecule has 0 aliphatic rings. The monoisotopic (exact) mass is 392 g/mol. The van der Waals surface area contributed by atoms with Gasteiger partial charge in [-0.15, -0.1) is 0 Å². The molecule has 0 unspecified atom stereocenters. The van der Waals surface area contributed by atoms with Gasteiger partial charge in [0.2, 0.25) is 0 Å². The molecule has 0 spiro atoms. The summed E-state index contributed by atoms with van der Waals surface area (Å²) in [6.45, 7) is 6.09. The first kappa shape index (κ1) is 22.8. The van der Waals surface area contributed by atoms with Crippen LogP contribution in [0.4, 0.5) is 17.1 Å². The van der Waals surface area contributed by atoms with Gasteiger partial charge < -0.3 is 11.1 Å². The first-order chi connectivity index (χ1) is 14.6. The van der Waals surface area contributed by atoms with E-state index in [1.165, 1.54) is 16.7 Å². The molecule has 3 heteroatoms. The van der Waals surface area contributed by atoms with Crippen LogP contribution in [0.3, 0.4) is 0 Å². The van der Waals surface area contributed by atoms with Crippen LogP contribution >= 0.6 is 0 Å². The number of aryl methyl sites for hydroxylation is 1. The molecule has 0 fully saturated rings. The highest BCUT2D eigenvalue weighted by Crippen LogP contribution is 2.21. The molecule has 0 aliphatic carbocycles. The lowest BCUT2D eigenvalue weighted by molar-refractivity contribution is 1.47. The molecular formula is C27H29BN2. The molecule has 4 aromatic rings. The van der Waals surface area contributed by atoms with Crippen LogP contribution in [0.25, 0.3) is 11.1 Å². The maximum Gasteiger partial charge on any atom is 0.113 e. The first-order valence-corrected chi connectivity index (χ1v) is 10.2. The fraction of sp³-hybridized carbons (Fsp3) is 0.111. The molecule has 2 nitrogen and oxygen atoms in total. The van der Waals surface area contributed by atoms with E-state index < -0.39 is 0 Å². The maximum absolute atomic E-state index is 5.81. The van der Waals surface area contributed by atoms with Gasteiger partial charge in [-0.25, -0.2) is 0 Å². The summed E-state index contributed by atoms with van der Waals surface area (Å²) in [6.07, 6.45) is 0. The SMILES string of the molecule is CC.Nc1ccccc1Nc1ccccc1.[B]c1ccc(-c2ccc(C)cc2)cc1. The maximum atomic E-state index is 5.81. The molecule has 30 heavy (non-hydrogen) atoms. The first-order valence-electron chi connectivity index (χ1n) is 10.2. The molecule has 0 aliphatic heterocycles. The third kappa shape index (κ3) is 7.18. The fourth-order valence-corrected chi connectivity index (χ4v) is 2.71. The van der Waals surface area contributed by atoms with Gasteiger partial charge in [-0.1, -0.05) is 104 Å². The van der Waals surface area contributed by atoms with E-state index in [0.717, 1.165) is 22.5 Å². The Hall–Kier alpha value is -3.46. The Morgan fingerprint density at radius 3 is 1.70 bits per heavy atom. The van der Waals surface area contributed by atoms with Crippen molar-refractivity contribution in [2.24, 2.45) is 0 Å². The van der Waals surface area contributed by atoms with Crippen LogP contribution in [-0.4, -0.2) is 7.85 Å². The number of hydrogen-bond donors (Lipinski definition) is 2. The average molecular weight is 392 g/mol. The molecule has 0 heterocycles. The lowest BCUT2D eigenvalue weighted by atomic mass is 9.93. The zero-order valence-electron chi connectivity index (χ0n) is 18.0. The average Bonchev–Trinajstić information content (AvgIpc) is 2.79. The van der Waals surface area contributed by atoms with Crippen LogP contribution in [-0.2, 0) is 0 Å². The molecule has 4 rings (SSSR count). The summed E-state index contributed by atoms with van der Waals surface area (Å²) in [5, 5.41) is 3.25. The number of nitrogens with one attached hydrogen (secondary N) is 1. The molecule has 0 aromatic heterocycles. The molecule has 0 saturated heterocycles. The van der Waals surface area contributed by atoms with Crippen molar-refractivity contribution < 1.29 is 0 Å². The molecule has 0 amide bonds. The highest BCUT2D eigenvalue weighted by Gasteiger charge is 1.97. The molecule has 0 atom stereocenters. The predicted molar refractivity (Wildman–Crippen MR) is 134 cm³/mol. The smallest absolute Gasteiger partial charge is 0.113 e. The summed E-state index contributed by atoms with van der Waals surface area (Å²) >= 11 is 0. The minimum atomic E-state index is 0.761. The molecule has 2 radical (unpaired) electrons. The minimum absolute atomic E-state index is 0.761. The van der Waals surface area contributed by atoms with Crippen molar-refractivity contribution in [1.82, 2.24) is 0 Å². The number of nitrogen functional groups attached to an aromatic ring is 1. The van der Waals surface area contributed by atoms with Crippen LogP contribution in [0.15, 0.2) is 103 Å². The van der Waals surface area contributed by atoms with Crippen LogP contribution in [0.1, 0.15) is 19.4 Å². The van der Waals surface area contributed by atoms with Gasteiger partial charge in [0.15, 0.2) is 0 Å². The summed E-state index contributed by atoms with van der Waals surface area (Å²) in [6, 6.07) is 34.1. The summed E-state index contributed by atoms with van der Waals surface area (Å²) in [5.41, 5.74) is 13.1. The number of anilines is 3. The second-order valence-electron chi connectivity index (χ2n) is 6.57. The van der Waals surface area contributed by atoms with Gasteiger partial charge >= 0.3 is 0 Å². The van der Waals surface area contributed by atoms with Crippen molar-refractivity contribution in [2.45, 2.75) is 20.8 Å². The zero-order valence-corrected chi connectivity index (χ0v) is 18.0.